The molecule has 2 aromatic rings. The summed E-state index contributed by atoms with van der Waals surface area (Å²) in [7, 11) is 0. The van der Waals surface area contributed by atoms with Crippen LogP contribution >= 0.6 is 0 Å². The van der Waals surface area contributed by atoms with E-state index in [-0.39, 0.29) is 11.9 Å². The number of benzene rings is 2. The Kier molecular flexibility index (Phi) is 4.56. The van der Waals surface area contributed by atoms with Gasteiger partial charge in [-0.2, -0.15) is 0 Å². The standard InChI is InChI=1S/C18H22FN/c1-12-5-7-17(13(2)9-12)15(4)20-11-16-6-8-18(19)14(3)10-16/h5-10,15,20H,11H2,1-4H3. The van der Waals surface area contributed by atoms with E-state index < -0.39 is 0 Å². The molecule has 0 amide bonds. The maximum Gasteiger partial charge on any atom is 0.126 e. The highest BCUT2D eigenvalue weighted by molar-refractivity contribution is 5.32. The third kappa shape index (κ3) is 3.45. The van der Waals surface area contributed by atoms with Gasteiger partial charge in [0.2, 0.25) is 0 Å². The van der Waals surface area contributed by atoms with E-state index in [2.05, 4.69) is 44.3 Å². The van der Waals surface area contributed by atoms with E-state index in [4.69, 9.17) is 0 Å². The third-order valence-corrected chi connectivity index (χ3v) is 3.73. The molecule has 0 fully saturated rings. The van der Waals surface area contributed by atoms with Crippen LogP contribution in [0.5, 0.6) is 0 Å². The van der Waals surface area contributed by atoms with Crippen LogP contribution in [0.4, 0.5) is 4.39 Å². The van der Waals surface area contributed by atoms with E-state index in [0.29, 0.717) is 5.56 Å². The van der Waals surface area contributed by atoms with Gasteiger partial charge in [-0.25, -0.2) is 4.39 Å². The first-order valence-corrected chi connectivity index (χ1v) is 7.03. The van der Waals surface area contributed by atoms with E-state index in [1.54, 1.807) is 6.92 Å². The molecule has 0 radical (unpaired) electrons. The fourth-order valence-corrected chi connectivity index (χ4v) is 2.51. The lowest BCUT2D eigenvalue weighted by atomic mass is 10.00. The highest BCUT2D eigenvalue weighted by Crippen LogP contribution is 2.19. The van der Waals surface area contributed by atoms with Gasteiger partial charge in [0.25, 0.3) is 0 Å². The van der Waals surface area contributed by atoms with Gasteiger partial charge in [-0.05, 0) is 56.0 Å². The number of nitrogens with one attached hydrogen (secondary N) is 1. The van der Waals surface area contributed by atoms with E-state index in [1.165, 1.54) is 22.8 Å². The van der Waals surface area contributed by atoms with Crippen molar-refractivity contribution >= 4 is 0 Å². The Morgan fingerprint density at radius 2 is 1.75 bits per heavy atom. The molecule has 20 heavy (non-hydrogen) atoms. The summed E-state index contributed by atoms with van der Waals surface area (Å²) < 4.78 is 13.2. The van der Waals surface area contributed by atoms with Crippen LogP contribution in [-0.2, 0) is 6.54 Å². The Balaban J connectivity index is 2.04. The molecule has 0 aliphatic rings. The maximum absolute atomic E-state index is 13.2. The molecule has 0 aliphatic heterocycles. The van der Waals surface area contributed by atoms with Crippen molar-refractivity contribution in [2.24, 2.45) is 0 Å². The molecule has 1 nitrogen and oxygen atoms in total. The topological polar surface area (TPSA) is 12.0 Å². The SMILES string of the molecule is Cc1ccc(C(C)NCc2ccc(F)c(C)c2)c(C)c1. The van der Waals surface area contributed by atoms with Crippen LogP contribution < -0.4 is 5.32 Å². The zero-order chi connectivity index (χ0) is 14.7. The Bertz CT molecular complexity index is 604. The Labute approximate surface area is 120 Å². The highest BCUT2D eigenvalue weighted by Gasteiger charge is 2.08. The van der Waals surface area contributed by atoms with Gasteiger partial charge < -0.3 is 5.32 Å². The van der Waals surface area contributed by atoms with Gasteiger partial charge in [0.1, 0.15) is 5.82 Å². The van der Waals surface area contributed by atoms with E-state index >= 15 is 0 Å². The first-order valence-electron chi connectivity index (χ1n) is 7.03. The van der Waals surface area contributed by atoms with Gasteiger partial charge in [0.15, 0.2) is 0 Å². The summed E-state index contributed by atoms with van der Waals surface area (Å²) in [6.07, 6.45) is 0. The lowest BCUT2D eigenvalue weighted by molar-refractivity contribution is 0.569. The van der Waals surface area contributed by atoms with Crippen LogP contribution in [0.15, 0.2) is 36.4 Å². The van der Waals surface area contributed by atoms with Crippen molar-refractivity contribution in [3.63, 3.8) is 0 Å². The number of aryl methyl sites for hydroxylation is 3. The van der Waals surface area contributed by atoms with E-state index in [1.807, 2.05) is 12.1 Å². The Hall–Kier alpha value is -1.67. The molecule has 1 unspecified atom stereocenters. The van der Waals surface area contributed by atoms with Gasteiger partial charge in [-0.1, -0.05) is 35.9 Å². The smallest absolute Gasteiger partial charge is 0.126 e. The van der Waals surface area contributed by atoms with Gasteiger partial charge in [0.05, 0.1) is 0 Å². The lowest BCUT2D eigenvalue weighted by Crippen LogP contribution is -2.19. The highest BCUT2D eigenvalue weighted by atomic mass is 19.1. The van der Waals surface area contributed by atoms with Gasteiger partial charge >= 0.3 is 0 Å². The number of hydrogen-bond acceptors (Lipinski definition) is 1. The Morgan fingerprint density at radius 1 is 1.00 bits per heavy atom. The van der Waals surface area contributed by atoms with Crippen molar-refractivity contribution in [3.8, 4) is 0 Å². The summed E-state index contributed by atoms with van der Waals surface area (Å²) in [4.78, 5) is 0. The number of rotatable bonds is 4. The molecule has 2 aromatic carbocycles. The summed E-state index contributed by atoms with van der Waals surface area (Å²) in [5.41, 5.74) is 5.71. The molecule has 2 heteroatoms. The maximum atomic E-state index is 13.2. The molecule has 0 saturated heterocycles. The quantitative estimate of drug-likeness (QED) is 0.856. The first-order chi connectivity index (χ1) is 9.47. The predicted molar refractivity (Wildman–Crippen MR) is 82.3 cm³/mol. The normalized spacial score (nSPS) is 12.4. The number of halogens is 1. The molecule has 0 aromatic heterocycles. The molecule has 1 atom stereocenters. The van der Waals surface area contributed by atoms with Crippen LogP contribution in [0.2, 0.25) is 0 Å². The van der Waals surface area contributed by atoms with Crippen molar-refractivity contribution in [1.29, 1.82) is 0 Å². The second-order valence-electron chi connectivity index (χ2n) is 5.55. The lowest BCUT2D eigenvalue weighted by Gasteiger charge is -2.17. The summed E-state index contributed by atoms with van der Waals surface area (Å²) in [6, 6.07) is 12.1. The van der Waals surface area contributed by atoms with Crippen molar-refractivity contribution < 1.29 is 4.39 Å². The second kappa shape index (κ2) is 6.19. The molecular weight excluding hydrogens is 249 g/mol. The summed E-state index contributed by atoms with van der Waals surface area (Å²) >= 11 is 0. The van der Waals surface area contributed by atoms with Crippen LogP contribution in [0.25, 0.3) is 0 Å². The summed E-state index contributed by atoms with van der Waals surface area (Å²) in [5, 5.41) is 3.50. The molecule has 0 spiro atoms. The fraction of sp³-hybridized carbons (Fsp3) is 0.333. The van der Waals surface area contributed by atoms with Crippen molar-refractivity contribution in [2.75, 3.05) is 0 Å². The summed E-state index contributed by atoms with van der Waals surface area (Å²) in [5.74, 6) is -0.142. The minimum absolute atomic E-state index is 0.142. The van der Waals surface area contributed by atoms with Crippen molar-refractivity contribution in [2.45, 2.75) is 40.3 Å². The zero-order valence-electron chi connectivity index (χ0n) is 12.6. The largest absolute Gasteiger partial charge is 0.306 e. The first kappa shape index (κ1) is 14.7. The fourth-order valence-electron chi connectivity index (χ4n) is 2.51. The third-order valence-electron chi connectivity index (χ3n) is 3.73. The molecule has 1 N–H and O–H groups in total. The van der Waals surface area contributed by atoms with Crippen LogP contribution in [-0.4, -0.2) is 0 Å². The van der Waals surface area contributed by atoms with Crippen LogP contribution in [0.3, 0.4) is 0 Å². The Morgan fingerprint density at radius 3 is 2.40 bits per heavy atom. The van der Waals surface area contributed by atoms with Crippen LogP contribution in [0, 0.1) is 26.6 Å². The average Bonchev–Trinajstić information content (AvgIpc) is 2.40. The van der Waals surface area contributed by atoms with Crippen molar-refractivity contribution in [3.05, 3.63) is 70.0 Å². The molecule has 0 saturated carbocycles. The zero-order valence-corrected chi connectivity index (χ0v) is 12.6. The molecule has 2 rings (SSSR count). The minimum Gasteiger partial charge on any atom is -0.306 e. The van der Waals surface area contributed by atoms with Crippen molar-refractivity contribution in [1.82, 2.24) is 5.32 Å². The van der Waals surface area contributed by atoms with E-state index in [9.17, 15) is 4.39 Å². The minimum atomic E-state index is -0.142. The molecular formula is C18H22FN. The molecule has 0 bridgehead atoms. The van der Waals surface area contributed by atoms with Gasteiger partial charge in [-0.15, -0.1) is 0 Å². The van der Waals surface area contributed by atoms with Crippen LogP contribution in [0.1, 0.15) is 40.8 Å². The molecule has 0 heterocycles. The van der Waals surface area contributed by atoms with Gasteiger partial charge in [-0.3, -0.25) is 0 Å². The van der Waals surface area contributed by atoms with Gasteiger partial charge in [0, 0.05) is 12.6 Å². The molecule has 106 valence electrons. The second-order valence-corrected chi connectivity index (χ2v) is 5.55. The predicted octanol–water partition coefficient (Wildman–Crippen LogP) is 4.60. The van der Waals surface area contributed by atoms with E-state index in [0.717, 1.165) is 12.1 Å². The summed E-state index contributed by atoms with van der Waals surface area (Å²) in [6.45, 7) is 8.95. The average molecular weight is 271 g/mol. The molecule has 0 aliphatic carbocycles. The monoisotopic (exact) mass is 271 g/mol. The number of hydrogen-bond donors (Lipinski definition) is 1.